The van der Waals surface area contributed by atoms with Gasteiger partial charge in [-0.15, -0.1) is 22.7 Å². The molecule has 156 valence electrons. The highest BCUT2D eigenvalue weighted by Gasteiger charge is 2.34. The van der Waals surface area contributed by atoms with Crippen molar-refractivity contribution in [3.63, 3.8) is 0 Å². The van der Waals surface area contributed by atoms with Gasteiger partial charge < -0.3 is 4.57 Å². The van der Waals surface area contributed by atoms with Crippen LogP contribution in [0, 0.1) is 0 Å². The van der Waals surface area contributed by atoms with Crippen LogP contribution in [0.4, 0.5) is 0 Å². The normalized spacial score (nSPS) is 13.5. The monoisotopic (exact) mass is 494 g/mol. The van der Waals surface area contributed by atoms with Gasteiger partial charge in [-0.2, -0.15) is 0 Å². The fourth-order valence-corrected chi connectivity index (χ4v) is 6.39. The molecule has 1 aliphatic carbocycles. The molecule has 0 saturated heterocycles. The molecule has 2 aromatic carbocycles. The summed E-state index contributed by atoms with van der Waals surface area (Å²) < 4.78 is 3.27. The number of carbonyl (C=O) groups excluding carboxylic acids is 2. The lowest BCUT2D eigenvalue weighted by atomic mass is 10.1. The maximum atomic E-state index is 12.8. The average Bonchev–Trinajstić information content (AvgIpc) is 3.50. The summed E-state index contributed by atoms with van der Waals surface area (Å²) in [7, 11) is 1.98. The minimum Gasteiger partial charge on any atom is -0.326 e. The van der Waals surface area contributed by atoms with Crippen LogP contribution in [0.15, 0.2) is 54.1 Å². The van der Waals surface area contributed by atoms with Gasteiger partial charge in [0.15, 0.2) is 17.4 Å². The molecule has 6 rings (SSSR count). The number of ketones is 2. The Morgan fingerprint density at radius 1 is 0.938 bits per heavy atom. The number of nitrogens with zero attached hydrogens (tertiary/aromatic N) is 2. The molecular formula is C24H12Cl2N2O2S2. The van der Waals surface area contributed by atoms with Crippen LogP contribution < -0.4 is 0 Å². The van der Waals surface area contributed by atoms with Gasteiger partial charge in [0.2, 0.25) is 0 Å². The predicted octanol–water partition coefficient (Wildman–Crippen LogP) is 7.29. The van der Waals surface area contributed by atoms with E-state index in [0.717, 1.165) is 25.9 Å². The second-order valence-corrected chi connectivity index (χ2v) is 10.5. The van der Waals surface area contributed by atoms with Crippen LogP contribution in [0.3, 0.4) is 0 Å². The number of rotatable bonds is 2. The quantitative estimate of drug-likeness (QED) is 0.191. The SMILES string of the molecule is Cn1c(-c2cc3ccccc3s2)nc2sc(C=C3C(=O)c4cc(Cl)c(Cl)cc4C3=O)cc21. The number of Topliss-reactive ketones (excluding diaryl/α,β-unsaturated/α-hetero) is 2. The van der Waals surface area contributed by atoms with E-state index in [1.807, 2.05) is 29.8 Å². The van der Waals surface area contributed by atoms with Crippen LogP contribution in [0.25, 0.3) is 37.2 Å². The number of aromatic nitrogens is 2. The molecule has 0 radical (unpaired) electrons. The molecule has 3 aromatic heterocycles. The van der Waals surface area contributed by atoms with E-state index in [1.165, 1.54) is 33.6 Å². The van der Waals surface area contributed by atoms with E-state index < -0.39 is 0 Å². The zero-order valence-electron chi connectivity index (χ0n) is 16.5. The maximum absolute atomic E-state index is 12.8. The largest absolute Gasteiger partial charge is 0.326 e. The van der Waals surface area contributed by atoms with Crippen LogP contribution in [-0.4, -0.2) is 21.1 Å². The molecule has 0 bridgehead atoms. The summed E-state index contributed by atoms with van der Waals surface area (Å²) in [4.78, 5) is 33.2. The van der Waals surface area contributed by atoms with Crippen molar-refractivity contribution in [2.24, 2.45) is 7.05 Å². The number of allylic oxidation sites excluding steroid dienone is 1. The lowest BCUT2D eigenvalue weighted by Crippen LogP contribution is -1.99. The molecule has 0 atom stereocenters. The number of thiophene rings is 2. The van der Waals surface area contributed by atoms with Gasteiger partial charge in [-0.3, -0.25) is 9.59 Å². The minimum atomic E-state index is -0.333. The number of fused-ring (bicyclic) bond motifs is 3. The molecule has 4 nitrogen and oxygen atoms in total. The summed E-state index contributed by atoms with van der Waals surface area (Å²) in [5.74, 6) is 0.233. The minimum absolute atomic E-state index is 0.120. The molecule has 5 aromatic rings. The van der Waals surface area contributed by atoms with Gasteiger partial charge in [-0.25, -0.2) is 4.98 Å². The van der Waals surface area contributed by atoms with Crippen molar-refractivity contribution in [2.75, 3.05) is 0 Å². The van der Waals surface area contributed by atoms with Crippen molar-refractivity contribution in [3.8, 4) is 10.7 Å². The summed E-state index contributed by atoms with van der Waals surface area (Å²) >= 11 is 15.2. The van der Waals surface area contributed by atoms with E-state index >= 15 is 0 Å². The molecule has 0 N–H and O–H groups in total. The molecule has 0 fully saturated rings. The number of imidazole rings is 1. The Bertz CT molecular complexity index is 1580. The van der Waals surface area contributed by atoms with Crippen molar-refractivity contribution in [2.45, 2.75) is 0 Å². The van der Waals surface area contributed by atoms with E-state index in [9.17, 15) is 9.59 Å². The number of hydrogen-bond acceptors (Lipinski definition) is 5. The molecule has 3 heterocycles. The van der Waals surface area contributed by atoms with Crippen LogP contribution in [0.1, 0.15) is 25.6 Å². The third-order valence-electron chi connectivity index (χ3n) is 5.57. The topological polar surface area (TPSA) is 52.0 Å². The molecular weight excluding hydrogens is 483 g/mol. The van der Waals surface area contributed by atoms with E-state index in [-0.39, 0.29) is 27.2 Å². The fourth-order valence-electron chi connectivity index (χ4n) is 3.97. The molecule has 0 unspecified atom stereocenters. The average molecular weight is 495 g/mol. The molecule has 0 amide bonds. The lowest BCUT2D eigenvalue weighted by molar-refractivity contribution is 0.0990. The van der Waals surface area contributed by atoms with Crippen molar-refractivity contribution < 1.29 is 9.59 Å². The summed E-state index contributed by atoms with van der Waals surface area (Å²) in [6.07, 6.45) is 1.64. The van der Waals surface area contributed by atoms with Gasteiger partial charge in [-0.05, 0) is 41.8 Å². The standard InChI is InChI=1S/C24H12Cl2N2O2S2/c1-28-18-8-12(7-15-21(29)13-9-16(25)17(26)10-14(13)22(15)30)31-24(18)27-23(28)20-6-11-4-2-3-5-19(11)32-20/h2-10H,1H3. The Kier molecular flexibility index (Phi) is 4.42. The van der Waals surface area contributed by atoms with Gasteiger partial charge in [0.1, 0.15) is 4.83 Å². The zero-order valence-corrected chi connectivity index (χ0v) is 19.6. The van der Waals surface area contributed by atoms with E-state index in [1.54, 1.807) is 17.4 Å². The van der Waals surface area contributed by atoms with E-state index in [0.29, 0.717) is 11.1 Å². The maximum Gasteiger partial charge on any atom is 0.197 e. The second kappa shape index (κ2) is 7.12. The number of benzene rings is 2. The Labute approximate surface area is 200 Å². The summed E-state index contributed by atoms with van der Waals surface area (Å²) in [6, 6.07) is 15.3. The van der Waals surface area contributed by atoms with Gasteiger partial charge in [0.25, 0.3) is 0 Å². The third kappa shape index (κ3) is 2.91. The van der Waals surface area contributed by atoms with E-state index in [4.69, 9.17) is 28.2 Å². The molecule has 0 saturated carbocycles. The molecule has 0 aliphatic heterocycles. The van der Waals surface area contributed by atoms with Crippen LogP contribution in [0.5, 0.6) is 0 Å². The molecule has 32 heavy (non-hydrogen) atoms. The van der Waals surface area contributed by atoms with Crippen molar-refractivity contribution in [3.05, 3.63) is 80.2 Å². The van der Waals surface area contributed by atoms with Crippen LogP contribution in [-0.2, 0) is 7.05 Å². The first-order valence-corrected chi connectivity index (χ1v) is 12.0. The molecule has 0 spiro atoms. The van der Waals surface area contributed by atoms with Crippen molar-refractivity contribution in [1.29, 1.82) is 0 Å². The zero-order chi connectivity index (χ0) is 22.1. The second-order valence-electron chi connectivity index (χ2n) is 7.51. The Morgan fingerprint density at radius 2 is 1.62 bits per heavy atom. The van der Waals surface area contributed by atoms with Gasteiger partial charge in [0, 0.05) is 27.8 Å². The van der Waals surface area contributed by atoms with Gasteiger partial charge in [0.05, 0.1) is 26.0 Å². The van der Waals surface area contributed by atoms with Gasteiger partial charge >= 0.3 is 0 Å². The van der Waals surface area contributed by atoms with E-state index in [2.05, 4.69) is 18.2 Å². The number of aryl methyl sites for hydroxylation is 1. The van der Waals surface area contributed by atoms with Crippen LogP contribution in [0.2, 0.25) is 10.0 Å². The number of hydrogen-bond donors (Lipinski definition) is 0. The predicted molar refractivity (Wildman–Crippen MR) is 133 cm³/mol. The third-order valence-corrected chi connectivity index (χ3v) is 8.37. The number of carbonyl (C=O) groups is 2. The number of halogens is 2. The highest BCUT2D eigenvalue weighted by atomic mass is 35.5. The highest BCUT2D eigenvalue weighted by Crippen LogP contribution is 2.38. The first-order chi connectivity index (χ1) is 15.4. The van der Waals surface area contributed by atoms with Crippen molar-refractivity contribution >= 4 is 84.0 Å². The Morgan fingerprint density at radius 3 is 2.28 bits per heavy atom. The Hall–Kier alpha value is -2.77. The first kappa shape index (κ1) is 19.9. The fraction of sp³-hybridized carbons (Fsp3) is 0.0417. The first-order valence-electron chi connectivity index (χ1n) is 9.66. The smallest absolute Gasteiger partial charge is 0.197 e. The summed E-state index contributed by atoms with van der Waals surface area (Å²) in [6.45, 7) is 0. The lowest BCUT2D eigenvalue weighted by Gasteiger charge is -1.98. The highest BCUT2D eigenvalue weighted by molar-refractivity contribution is 7.22. The summed E-state index contributed by atoms with van der Waals surface area (Å²) in [5, 5.41) is 1.71. The molecule has 8 heteroatoms. The van der Waals surface area contributed by atoms with Gasteiger partial charge in [-0.1, -0.05) is 41.4 Å². The molecule has 1 aliphatic rings. The van der Waals surface area contributed by atoms with Crippen molar-refractivity contribution in [1.82, 2.24) is 9.55 Å². The summed E-state index contributed by atoms with van der Waals surface area (Å²) in [5.41, 5.74) is 1.66. The van der Waals surface area contributed by atoms with Crippen LogP contribution >= 0.6 is 45.9 Å². The Balaban J connectivity index is 1.40.